The maximum Gasteiger partial charge on any atom is 0.451 e. The molecule has 1 aliphatic carbocycles. The average Bonchev–Trinajstić information content (AvgIpc) is 3.14. The predicted molar refractivity (Wildman–Crippen MR) is 110 cm³/mol. The summed E-state index contributed by atoms with van der Waals surface area (Å²) in [7, 11) is 0. The van der Waals surface area contributed by atoms with E-state index < -0.39 is 66.2 Å². The normalized spacial score (nSPS) is 23.9. The van der Waals surface area contributed by atoms with Crippen LogP contribution in [0.5, 0.6) is 0 Å². The Morgan fingerprint density at radius 3 is 2.51 bits per heavy atom. The number of hydrogen-bond donors (Lipinski definition) is 1. The highest BCUT2D eigenvalue weighted by atomic mass is 19.4. The molecule has 35 heavy (non-hydrogen) atoms. The number of ether oxygens (including phenoxy) is 1. The highest BCUT2D eigenvalue weighted by Gasteiger charge is 2.40. The summed E-state index contributed by atoms with van der Waals surface area (Å²) in [5.74, 6) is -3.95. The summed E-state index contributed by atoms with van der Waals surface area (Å²) >= 11 is 0. The molecule has 196 valence electrons. The van der Waals surface area contributed by atoms with E-state index in [0.29, 0.717) is 6.08 Å². The third-order valence-corrected chi connectivity index (χ3v) is 5.67. The third kappa shape index (κ3) is 6.88. The largest absolute Gasteiger partial charge is 0.451 e. The van der Waals surface area contributed by atoms with Crippen molar-refractivity contribution in [2.45, 2.75) is 83.3 Å². The van der Waals surface area contributed by atoms with Crippen molar-refractivity contribution in [2.24, 2.45) is 5.92 Å². The molecule has 1 unspecified atom stereocenters. The van der Waals surface area contributed by atoms with Crippen molar-refractivity contribution in [1.29, 1.82) is 0 Å². The third-order valence-electron chi connectivity index (χ3n) is 5.67. The van der Waals surface area contributed by atoms with Gasteiger partial charge in [-0.15, -0.1) is 10.2 Å². The number of halogens is 6. The van der Waals surface area contributed by atoms with Crippen LogP contribution in [0, 0.1) is 5.92 Å². The van der Waals surface area contributed by atoms with Crippen LogP contribution >= 0.6 is 0 Å². The van der Waals surface area contributed by atoms with Crippen molar-refractivity contribution in [3.8, 4) is 0 Å². The lowest BCUT2D eigenvalue weighted by molar-refractivity contribution is -0.148. The summed E-state index contributed by atoms with van der Waals surface area (Å²) in [4.78, 5) is 26.5. The van der Waals surface area contributed by atoms with E-state index >= 15 is 0 Å². The first kappa shape index (κ1) is 26.8. The summed E-state index contributed by atoms with van der Waals surface area (Å²) in [6.45, 7) is 4.36. The fourth-order valence-electron chi connectivity index (χ4n) is 4.08. The van der Waals surface area contributed by atoms with E-state index in [4.69, 9.17) is 4.74 Å². The van der Waals surface area contributed by atoms with Gasteiger partial charge in [-0.2, -0.15) is 13.2 Å². The molecule has 0 saturated carbocycles. The van der Waals surface area contributed by atoms with Crippen LogP contribution in [0.15, 0.2) is 11.9 Å². The van der Waals surface area contributed by atoms with Crippen LogP contribution in [0.2, 0.25) is 0 Å². The lowest BCUT2D eigenvalue weighted by Gasteiger charge is -2.32. The fourth-order valence-corrected chi connectivity index (χ4v) is 4.08. The van der Waals surface area contributed by atoms with E-state index in [0.717, 1.165) is 4.57 Å². The number of nitrogens with one attached hydrogen (secondary N) is 1. The minimum Gasteiger partial charge on any atom is -0.444 e. The van der Waals surface area contributed by atoms with Crippen molar-refractivity contribution in [2.75, 3.05) is 6.54 Å². The van der Waals surface area contributed by atoms with Crippen molar-refractivity contribution >= 4 is 12.0 Å². The molecular formula is C21H27F6N5O3. The number of carbonyl (C=O) groups is 2. The van der Waals surface area contributed by atoms with Gasteiger partial charge in [0, 0.05) is 25.6 Å². The number of amides is 2. The number of alkyl halides is 5. The van der Waals surface area contributed by atoms with E-state index in [-0.39, 0.29) is 38.3 Å². The second kappa shape index (κ2) is 10.1. The van der Waals surface area contributed by atoms with Crippen LogP contribution in [0.1, 0.15) is 51.7 Å². The minimum absolute atomic E-state index is 0.0504. The standard InChI is InChI=1S/C21H27F6N5O3/c1-20(2,3)35-19(34)28-12(6-11-7-14(23)15(24)9-13(11)22)8-17(33)31-4-5-32-16(10-31)29-30-18(32)21(25,26)27/h9,11-14H,4-8,10H2,1-3H3,(H,28,34)/t11?,12-,13+,14+/m1/s1. The van der Waals surface area contributed by atoms with E-state index in [9.17, 15) is 35.9 Å². The van der Waals surface area contributed by atoms with Crippen LogP contribution < -0.4 is 5.32 Å². The van der Waals surface area contributed by atoms with Crippen molar-refractivity contribution < 1.29 is 40.7 Å². The Labute approximate surface area is 197 Å². The van der Waals surface area contributed by atoms with E-state index in [2.05, 4.69) is 15.5 Å². The minimum atomic E-state index is -4.69. The second-order valence-corrected chi connectivity index (χ2v) is 9.65. The van der Waals surface area contributed by atoms with Crippen molar-refractivity contribution in [3.63, 3.8) is 0 Å². The van der Waals surface area contributed by atoms with Gasteiger partial charge in [-0.1, -0.05) is 0 Å². The Bertz CT molecular complexity index is 974. The van der Waals surface area contributed by atoms with Crippen molar-refractivity contribution in [1.82, 2.24) is 25.0 Å². The monoisotopic (exact) mass is 511 g/mol. The first-order valence-electron chi connectivity index (χ1n) is 11.1. The highest BCUT2D eigenvalue weighted by Crippen LogP contribution is 2.33. The number of aromatic nitrogens is 3. The lowest BCUT2D eigenvalue weighted by Crippen LogP contribution is -2.46. The zero-order valence-electron chi connectivity index (χ0n) is 19.4. The summed E-state index contributed by atoms with van der Waals surface area (Å²) in [6, 6.07) is -0.993. The van der Waals surface area contributed by atoms with Gasteiger partial charge in [0.1, 0.15) is 17.6 Å². The second-order valence-electron chi connectivity index (χ2n) is 9.65. The van der Waals surface area contributed by atoms with E-state index in [1.807, 2.05) is 0 Å². The van der Waals surface area contributed by atoms with Crippen LogP contribution in [-0.4, -0.2) is 62.2 Å². The van der Waals surface area contributed by atoms with Gasteiger partial charge in [-0.3, -0.25) is 4.79 Å². The van der Waals surface area contributed by atoms with Crippen LogP contribution in [0.3, 0.4) is 0 Å². The van der Waals surface area contributed by atoms with Gasteiger partial charge in [0.05, 0.1) is 6.54 Å². The van der Waals surface area contributed by atoms with Crippen molar-refractivity contribution in [3.05, 3.63) is 23.6 Å². The molecule has 2 amide bonds. The van der Waals surface area contributed by atoms with Crippen LogP contribution in [0.4, 0.5) is 31.1 Å². The van der Waals surface area contributed by atoms with Gasteiger partial charge in [-0.25, -0.2) is 18.0 Å². The zero-order chi connectivity index (χ0) is 26.1. The van der Waals surface area contributed by atoms with Gasteiger partial charge in [0.25, 0.3) is 0 Å². The maximum atomic E-state index is 14.4. The maximum absolute atomic E-state index is 14.4. The molecule has 0 radical (unpaired) electrons. The number of rotatable bonds is 5. The van der Waals surface area contributed by atoms with Gasteiger partial charge in [-0.05, 0) is 45.6 Å². The average molecular weight is 511 g/mol. The van der Waals surface area contributed by atoms with Gasteiger partial charge < -0.3 is 19.5 Å². The van der Waals surface area contributed by atoms with Gasteiger partial charge in [0.15, 0.2) is 12.0 Å². The Kier molecular flexibility index (Phi) is 7.70. The summed E-state index contributed by atoms with van der Waals surface area (Å²) < 4.78 is 86.8. The van der Waals surface area contributed by atoms with E-state index in [1.165, 1.54) is 4.90 Å². The van der Waals surface area contributed by atoms with E-state index in [1.54, 1.807) is 20.8 Å². The quantitative estimate of drug-likeness (QED) is 0.607. The Morgan fingerprint density at radius 2 is 1.89 bits per heavy atom. The number of carbonyl (C=O) groups excluding carboxylic acids is 2. The highest BCUT2D eigenvalue weighted by molar-refractivity contribution is 5.78. The predicted octanol–water partition coefficient (Wildman–Crippen LogP) is 3.86. The molecule has 2 heterocycles. The first-order valence-corrected chi connectivity index (χ1v) is 11.1. The van der Waals surface area contributed by atoms with Crippen LogP contribution in [-0.2, 0) is 28.8 Å². The molecule has 1 aromatic rings. The molecule has 1 aromatic heterocycles. The number of hydrogen-bond acceptors (Lipinski definition) is 5. The molecule has 8 nitrogen and oxygen atoms in total. The van der Waals surface area contributed by atoms with Crippen LogP contribution in [0.25, 0.3) is 0 Å². The Balaban J connectivity index is 1.71. The summed E-state index contributed by atoms with van der Waals surface area (Å²) in [6.07, 6.45) is -9.82. The molecule has 3 rings (SSSR count). The number of allylic oxidation sites excluding steroid dienone is 2. The zero-order valence-corrected chi connectivity index (χ0v) is 19.4. The fraction of sp³-hybridized carbons (Fsp3) is 0.714. The smallest absolute Gasteiger partial charge is 0.444 e. The molecule has 0 aromatic carbocycles. The van der Waals surface area contributed by atoms with Gasteiger partial charge >= 0.3 is 12.3 Å². The Hall–Kier alpha value is -2.80. The molecule has 0 fully saturated rings. The van der Waals surface area contributed by atoms with Gasteiger partial charge in [0.2, 0.25) is 11.7 Å². The molecule has 1 aliphatic heterocycles. The molecule has 0 bridgehead atoms. The lowest BCUT2D eigenvalue weighted by atomic mass is 9.85. The molecular weight excluding hydrogens is 484 g/mol. The Morgan fingerprint density at radius 1 is 1.20 bits per heavy atom. The topological polar surface area (TPSA) is 89.4 Å². The molecule has 4 atom stereocenters. The molecule has 0 spiro atoms. The molecule has 0 saturated heterocycles. The first-order chi connectivity index (χ1) is 16.1. The molecule has 1 N–H and O–H groups in total. The molecule has 14 heteroatoms. The SMILES string of the molecule is CC(C)(C)OC(=O)N[C@@H](CC(=O)N1CCn2c(nnc2C(F)(F)F)C1)CC1C[C@H](F)C(F)=C[C@@H]1F. The number of alkyl carbamates (subject to hydrolysis) is 1. The summed E-state index contributed by atoms with van der Waals surface area (Å²) in [5, 5.41) is 9.16. The molecule has 2 aliphatic rings. The summed E-state index contributed by atoms with van der Waals surface area (Å²) in [5.41, 5.74) is -0.866. The number of fused-ring (bicyclic) bond motifs is 1. The number of nitrogens with zero attached hydrogens (tertiary/aromatic N) is 4.